The van der Waals surface area contributed by atoms with Crippen LogP contribution in [-0.4, -0.2) is 13.1 Å². The third-order valence-electron chi connectivity index (χ3n) is 2.93. The molecule has 0 saturated carbocycles. The fourth-order valence-electron chi connectivity index (χ4n) is 2.12. The van der Waals surface area contributed by atoms with Crippen LogP contribution in [0.15, 0.2) is 18.2 Å². The minimum Gasteiger partial charge on any atom is -0.316 e. The molecule has 78 valence electrons. The van der Waals surface area contributed by atoms with Crippen molar-refractivity contribution in [2.24, 2.45) is 0 Å². The molecule has 0 radical (unpaired) electrons. The van der Waals surface area contributed by atoms with Crippen LogP contribution in [0.25, 0.3) is 0 Å². The van der Waals surface area contributed by atoms with E-state index in [1.807, 2.05) is 0 Å². The Bertz CT molecular complexity index is 303. The van der Waals surface area contributed by atoms with Gasteiger partial charge in [-0.2, -0.15) is 0 Å². The van der Waals surface area contributed by atoms with Crippen LogP contribution in [0.1, 0.15) is 29.0 Å². The average Bonchev–Trinajstić information content (AvgIpc) is 2.61. The first-order valence-electron chi connectivity index (χ1n) is 5.05. The number of hydrogen-bond acceptors (Lipinski definition) is 1. The van der Waals surface area contributed by atoms with Gasteiger partial charge in [0, 0.05) is 6.54 Å². The maximum atomic E-state index is 3.42. The second-order valence-electron chi connectivity index (χ2n) is 4.05. The summed E-state index contributed by atoms with van der Waals surface area (Å²) in [6, 6.07) is 6.78. The molecule has 2 rings (SSSR count). The molecule has 14 heavy (non-hydrogen) atoms. The topological polar surface area (TPSA) is 12.0 Å². The lowest BCUT2D eigenvalue weighted by Gasteiger charge is -2.12. The van der Waals surface area contributed by atoms with Crippen LogP contribution in [0.5, 0.6) is 0 Å². The van der Waals surface area contributed by atoms with Gasteiger partial charge in [-0.15, -0.1) is 12.4 Å². The van der Waals surface area contributed by atoms with E-state index >= 15 is 0 Å². The second kappa shape index (κ2) is 4.81. The van der Waals surface area contributed by atoms with Crippen LogP contribution in [0.3, 0.4) is 0 Å². The van der Waals surface area contributed by atoms with Gasteiger partial charge in [-0.1, -0.05) is 23.8 Å². The Hall–Kier alpha value is -0.530. The van der Waals surface area contributed by atoms with Crippen molar-refractivity contribution in [2.45, 2.75) is 26.2 Å². The summed E-state index contributed by atoms with van der Waals surface area (Å²) in [5, 5.41) is 3.42. The lowest BCUT2D eigenvalue weighted by atomic mass is 9.93. The van der Waals surface area contributed by atoms with Crippen molar-refractivity contribution in [3.63, 3.8) is 0 Å². The number of halogens is 1. The van der Waals surface area contributed by atoms with Crippen LogP contribution in [0.4, 0.5) is 0 Å². The molecule has 1 unspecified atom stereocenters. The minimum atomic E-state index is 0. The minimum absolute atomic E-state index is 0. The highest BCUT2D eigenvalue weighted by molar-refractivity contribution is 5.85. The third-order valence-corrected chi connectivity index (χ3v) is 2.93. The van der Waals surface area contributed by atoms with Crippen molar-refractivity contribution in [2.75, 3.05) is 13.1 Å². The molecule has 1 saturated heterocycles. The number of hydrogen-bond donors (Lipinski definition) is 1. The SMILES string of the molecule is Cc1ccc(C)c(C2CCNC2)c1.Cl. The number of benzene rings is 1. The Labute approximate surface area is 92.3 Å². The van der Waals surface area contributed by atoms with Gasteiger partial charge in [0.05, 0.1) is 0 Å². The average molecular weight is 212 g/mol. The van der Waals surface area contributed by atoms with Gasteiger partial charge in [-0.3, -0.25) is 0 Å². The smallest absolute Gasteiger partial charge is 0.00207 e. The molecule has 0 aliphatic carbocycles. The first-order chi connectivity index (χ1) is 6.27. The highest BCUT2D eigenvalue weighted by Gasteiger charge is 2.17. The fraction of sp³-hybridized carbons (Fsp3) is 0.500. The maximum absolute atomic E-state index is 3.42. The van der Waals surface area contributed by atoms with Crippen LogP contribution in [0, 0.1) is 13.8 Å². The summed E-state index contributed by atoms with van der Waals surface area (Å²) in [5.41, 5.74) is 4.37. The molecular formula is C12H18ClN. The normalized spacial score (nSPS) is 20.6. The fourth-order valence-corrected chi connectivity index (χ4v) is 2.12. The van der Waals surface area contributed by atoms with Gasteiger partial charge in [0.1, 0.15) is 0 Å². The second-order valence-corrected chi connectivity index (χ2v) is 4.05. The van der Waals surface area contributed by atoms with Gasteiger partial charge in [0.2, 0.25) is 0 Å². The monoisotopic (exact) mass is 211 g/mol. The Balaban J connectivity index is 0.000000980. The molecule has 0 amide bonds. The molecule has 0 aromatic heterocycles. The number of nitrogens with one attached hydrogen (secondary N) is 1. The molecule has 0 spiro atoms. The van der Waals surface area contributed by atoms with Crippen molar-refractivity contribution in [1.82, 2.24) is 5.32 Å². The van der Waals surface area contributed by atoms with E-state index in [-0.39, 0.29) is 12.4 Å². The van der Waals surface area contributed by atoms with Gasteiger partial charge in [0.15, 0.2) is 0 Å². The predicted octanol–water partition coefficient (Wildman–Crippen LogP) is 2.80. The zero-order valence-electron chi connectivity index (χ0n) is 8.84. The quantitative estimate of drug-likeness (QED) is 0.754. The molecule has 0 bridgehead atoms. The maximum Gasteiger partial charge on any atom is 0.00207 e. The lowest BCUT2D eigenvalue weighted by molar-refractivity contribution is 0.756. The molecule has 1 fully saturated rings. The molecule has 1 aromatic carbocycles. The van der Waals surface area contributed by atoms with E-state index in [1.165, 1.54) is 24.1 Å². The van der Waals surface area contributed by atoms with Gasteiger partial charge in [0.25, 0.3) is 0 Å². The van der Waals surface area contributed by atoms with Gasteiger partial charge in [-0.05, 0) is 43.9 Å². The van der Waals surface area contributed by atoms with E-state index in [4.69, 9.17) is 0 Å². The molecular weight excluding hydrogens is 194 g/mol. The largest absolute Gasteiger partial charge is 0.316 e. The van der Waals surface area contributed by atoms with E-state index in [1.54, 1.807) is 5.56 Å². The Kier molecular flexibility index (Phi) is 3.97. The summed E-state index contributed by atoms with van der Waals surface area (Å²) in [5.74, 6) is 0.750. The molecule has 1 aliphatic rings. The van der Waals surface area contributed by atoms with Crippen molar-refractivity contribution in [3.05, 3.63) is 34.9 Å². The standard InChI is InChI=1S/C12H17N.ClH/c1-9-3-4-10(2)12(7-9)11-5-6-13-8-11;/h3-4,7,11,13H,5-6,8H2,1-2H3;1H. The van der Waals surface area contributed by atoms with Crippen LogP contribution < -0.4 is 5.32 Å². The van der Waals surface area contributed by atoms with E-state index in [9.17, 15) is 0 Å². The van der Waals surface area contributed by atoms with Crippen LogP contribution >= 0.6 is 12.4 Å². The van der Waals surface area contributed by atoms with Crippen LogP contribution in [0.2, 0.25) is 0 Å². The molecule has 1 aliphatic heterocycles. The van der Waals surface area contributed by atoms with E-state index in [0.717, 1.165) is 12.5 Å². The Morgan fingerprint density at radius 2 is 2.07 bits per heavy atom. The number of aryl methyl sites for hydroxylation is 2. The summed E-state index contributed by atoms with van der Waals surface area (Å²) in [4.78, 5) is 0. The van der Waals surface area contributed by atoms with Crippen molar-refractivity contribution in [3.8, 4) is 0 Å². The van der Waals surface area contributed by atoms with Gasteiger partial charge in [-0.25, -0.2) is 0 Å². The zero-order valence-corrected chi connectivity index (χ0v) is 9.66. The van der Waals surface area contributed by atoms with Crippen LogP contribution in [-0.2, 0) is 0 Å². The number of rotatable bonds is 1. The molecule has 1 heterocycles. The summed E-state index contributed by atoms with van der Waals surface area (Å²) in [7, 11) is 0. The lowest BCUT2D eigenvalue weighted by Crippen LogP contribution is -2.08. The van der Waals surface area contributed by atoms with E-state index in [2.05, 4.69) is 37.4 Å². The van der Waals surface area contributed by atoms with E-state index < -0.39 is 0 Å². The Morgan fingerprint density at radius 1 is 1.29 bits per heavy atom. The van der Waals surface area contributed by atoms with Gasteiger partial charge < -0.3 is 5.32 Å². The molecule has 1 N–H and O–H groups in total. The summed E-state index contributed by atoms with van der Waals surface area (Å²) < 4.78 is 0. The van der Waals surface area contributed by atoms with Crippen molar-refractivity contribution >= 4 is 12.4 Å². The molecule has 1 aromatic rings. The van der Waals surface area contributed by atoms with Crippen molar-refractivity contribution < 1.29 is 0 Å². The van der Waals surface area contributed by atoms with Crippen molar-refractivity contribution in [1.29, 1.82) is 0 Å². The third kappa shape index (κ3) is 2.28. The summed E-state index contributed by atoms with van der Waals surface area (Å²) in [6.07, 6.45) is 1.30. The Morgan fingerprint density at radius 3 is 2.71 bits per heavy atom. The first-order valence-corrected chi connectivity index (χ1v) is 5.05. The molecule has 2 heteroatoms. The van der Waals surface area contributed by atoms with Gasteiger partial charge >= 0.3 is 0 Å². The predicted molar refractivity (Wildman–Crippen MR) is 63.4 cm³/mol. The summed E-state index contributed by atoms with van der Waals surface area (Å²) >= 11 is 0. The molecule has 1 atom stereocenters. The first kappa shape index (κ1) is 11.5. The highest BCUT2D eigenvalue weighted by Crippen LogP contribution is 2.25. The zero-order chi connectivity index (χ0) is 9.26. The van der Waals surface area contributed by atoms with E-state index in [0.29, 0.717) is 0 Å². The molecule has 1 nitrogen and oxygen atoms in total. The summed E-state index contributed by atoms with van der Waals surface area (Å²) in [6.45, 7) is 6.72. The highest BCUT2D eigenvalue weighted by atomic mass is 35.5.